The molecule has 3 rings (SSSR count). The number of nitrogens with two attached hydrogens (primary N) is 1. The molecule has 9 nitrogen and oxygen atoms in total. The average molecular weight is 388 g/mol. The molecular weight excluding hydrogens is 360 g/mol. The number of carbonyl (C=O) groups excluding carboxylic acids is 2. The Morgan fingerprint density at radius 2 is 1.86 bits per heavy atom. The van der Waals surface area contributed by atoms with Crippen LogP contribution in [-0.2, 0) is 20.7 Å². The lowest BCUT2D eigenvalue weighted by Crippen LogP contribution is -2.49. The van der Waals surface area contributed by atoms with Crippen molar-refractivity contribution in [2.45, 2.75) is 71.9 Å². The van der Waals surface area contributed by atoms with Crippen LogP contribution in [0.15, 0.2) is 0 Å². The molecule has 1 fully saturated rings. The van der Waals surface area contributed by atoms with E-state index in [1.165, 1.54) is 0 Å². The number of aromatic nitrogens is 4. The largest absolute Gasteiger partial charge is 0.456 e. The Hall–Kier alpha value is -2.71. The van der Waals surface area contributed by atoms with Crippen molar-refractivity contribution in [1.82, 2.24) is 24.5 Å². The number of hydrogen-bond donors (Lipinski definition) is 1. The Labute approximate surface area is 164 Å². The zero-order chi connectivity index (χ0) is 20.4. The van der Waals surface area contributed by atoms with E-state index in [1.54, 1.807) is 4.52 Å². The summed E-state index contributed by atoms with van der Waals surface area (Å²) in [4.78, 5) is 34.9. The number of anilines is 1. The molecule has 0 spiro atoms. The summed E-state index contributed by atoms with van der Waals surface area (Å²) in [7, 11) is 0. The molecule has 1 saturated heterocycles. The molecule has 2 aromatic heterocycles. The van der Waals surface area contributed by atoms with Gasteiger partial charge < -0.3 is 15.4 Å². The molecule has 1 aliphatic rings. The third-order valence-electron chi connectivity index (χ3n) is 5.48. The van der Waals surface area contributed by atoms with Crippen LogP contribution < -0.4 is 5.73 Å². The number of fused-ring (bicyclic) bond motifs is 1. The van der Waals surface area contributed by atoms with E-state index >= 15 is 0 Å². The molecule has 1 aliphatic heterocycles. The highest BCUT2D eigenvalue weighted by Crippen LogP contribution is 2.22. The lowest BCUT2D eigenvalue weighted by Gasteiger charge is -2.38. The zero-order valence-corrected chi connectivity index (χ0v) is 16.9. The van der Waals surface area contributed by atoms with Crippen LogP contribution in [0.5, 0.6) is 0 Å². The summed E-state index contributed by atoms with van der Waals surface area (Å²) < 4.78 is 6.82. The summed E-state index contributed by atoms with van der Waals surface area (Å²) in [5.41, 5.74) is 8.15. The van der Waals surface area contributed by atoms with E-state index in [9.17, 15) is 9.59 Å². The second-order valence-electron chi connectivity index (χ2n) is 7.53. The van der Waals surface area contributed by atoms with Crippen LogP contribution in [0, 0.1) is 13.8 Å². The summed E-state index contributed by atoms with van der Waals surface area (Å²) >= 11 is 0. The second-order valence-corrected chi connectivity index (χ2v) is 7.53. The van der Waals surface area contributed by atoms with Gasteiger partial charge in [-0.1, -0.05) is 0 Å². The number of carbonyl (C=O) groups is 2. The Bertz CT molecular complexity index is 883. The Kier molecular flexibility index (Phi) is 5.81. The second kappa shape index (κ2) is 8.12. The number of esters is 1. The van der Waals surface area contributed by atoms with Crippen LogP contribution in [0.25, 0.3) is 5.78 Å². The number of rotatable bonds is 5. The van der Waals surface area contributed by atoms with Crippen LogP contribution in [0.3, 0.4) is 0 Å². The van der Waals surface area contributed by atoms with Gasteiger partial charge in [0.25, 0.3) is 11.7 Å². The topological polar surface area (TPSA) is 116 Å². The maximum atomic E-state index is 12.5. The quantitative estimate of drug-likeness (QED) is 0.773. The molecule has 0 unspecified atom stereocenters. The van der Waals surface area contributed by atoms with Crippen molar-refractivity contribution >= 4 is 23.6 Å². The van der Waals surface area contributed by atoms with Gasteiger partial charge in [-0.3, -0.25) is 9.59 Å². The van der Waals surface area contributed by atoms with E-state index in [0.29, 0.717) is 12.2 Å². The Morgan fingerprint density at radius 1 is 1.18 bits per heavy atom. The van der Waals surface area contributed by atoms with Crippen molar-refractivity contribution in [1.29, 1.82) is 0 Å². The van der Waals surface area contributed by atoms with Crippen LogP contribution >= 0.6 is 0 Å². The first kappa shape index (κ1) is 20.0. The van der Waals surface area contributed by atoms with Crippen molar-refractivity contribution in [2.24, 2.45) is 0 Å². The molecule has 152 valence electrons. The summed E-state index contributed by atoms with van der Waals surface area (Å²) in [6.07, 6.45) is 3.72. The molecule has 0 bridgehead atoms. The van der Waals surface area contributed by atoms with Gasteiger partial charge >= 0.3 is 5.97 Å². The predicted octanol–water partition coefficient (Wildman–Crippen LogP) is 1.59. The maximum Gasteiger partial charge on any atom is 0.306 e. The van der Waals surface area contributed by atoms with E-state index in [-0.39, 0.29) is 37.0 Å². The van der Waals surface area contributed by atoms with Gasteiger partial charge in [0.2, 0.25) is 5.95 Å². The Balaban J connectivity index is 1.57. The van der Waals surface area contributed by atoms with E-state index in [4.69, 9.17) is 10.5 Å². The standard InChI is InChI=1S/C19H28N6O3/c1-11-6-5-7-12(2)24(11)16(26)10-28-17(27)9-8-15-13(3)21-19-22-18(20)23-25(19)14(15)4/h11-12H,5-10H2,1-4H3,(H2,20,23)/t11-,12+. The first-order valence-electron chi connectivity index (χ1n) is 9.73. The molecule has 2 aromatic rings. The molecule has 0 radical (unpaired) electrons. The number of nitrogens with zero attached hydrogens (tertiary/aromatic N) is 5. The Morgan fingerprint density at radius 3 is 2.54 bits per heavy atom. The minimum atomic E-state index is -0.400. The minimum absolute atomic E-state index is 0.124. The van der Waals surface area contributed by atoms with Gasteiger partial charge in [-0.2, -0.15) is 9.50 Å². The van der Waals surface area contributed by atoms with Crippen LogP contribution in [0.1, 0.15) is 56.5 Å². The number of piperidine rings is 1. The highest BCUT2D eigenvalue weighted by Gasteiger charge is 2.29. The molecule has 2 N–H and O–H groups in total. The lowest BCUT2D eigenvalue weighted by atomic mass is 9.97. The van der Waals surface area contributed by atoms with E-state index in [2.05, 4.69) is 15.1 Å². The van der Waals surface area contributed by atoms with Gasteiger partial charge in [0.15, 0.2) is 6.61 Å². The SMILES string of the molecule is Cc1nc2nc(N)nn2c(C)c1CCC(=O)OCC(=O)N1[C@H](C)CCC[C@@H]1C. The van der Waals surface area contributed by atoms with Gasteiger partial charge in [-0.05, 0) is 58.9 Å². The summed E-state index contributed by atoms with van der Waals surface area (Å²) in [5, 5.41) is 4.12. The van der Waals surface area contributed by atoms with E-state index < -0.39 is 5.97 Å². The monoisotopic (exact) mass is 388 g/mol. The molecule has 1 amide bonds. The zero-order valence-electron chi connectivity index (χ0n) is 16.9. The highest BCUT2D eigenvalue weighted by molar-refractivity contribution is 5.81. The number of aryl methyl sites for hydroxylation is 2. The van der Waals surface area contributed by atoms with Crippen LogP contribution in [0.2, 0.25) is 0 Å². The number of ether oxygens (including phenoxy) is 1. The van der Waals surface area contributed by atoms with Crippen molar-refractivity contribution in [2.75, 3.05) is 12.3 Å². The first-order valence-corrected chi connectivity index (χ1v) is 9.73. The summed E-state index contributed by atoms with van der Waals surface area (Å²) in [5.74, 6) is 0.0738. The number of hydrogen-bond acceptors (Lipinski definition) is 7. The maximum absolute atomic E-state index is 12.5. The molecule has 0 saturated carbocycles. The first-order chi connectivity index (χ1) is 13.3. The minimum Gasteiger partial charge on any atom is -0.456 e. The lowest BCUT2D eigenvalue weighted by molar-refractivity contribution is -0.154. The molecule has 28 heavy (non-hydrogen) atoms. The van der Waals surface area contributed by atoms with Crippen molar-refractivity contribution in [3.05, 3.63) is 17.0 Å². The van der Waals surface area contributed by atoms with E-state index in [1.807, 2.05) is 32.6 Å². The normalized spacial score (nSPS) is 19.8. The van der Waals surface area contributed by atoms with Crippen molar-refractivity contribution in [3.8, 4) is 0 Å². The van der Waals surface area contributed by atoms with Gasteiger partial charge in [-0.25, -0.2) is 4.98 Å². The van der Waals surface area contributed by atoms with E-state index in [0.717, 1.165) is 36.2 Å². The number of likely N-dealkylation sites (tertiary alicyclic amines) is 1. The van der Waals surface area contributed by atoms with Gasteiger partial charge in [0.05, 0.1) is 0 Å². The fraction of sp³-hybridized carbons (Fsp3) is 0.632. The van der Waals surface area contributed by atoms with Crippen molar-refractivity contribution in [3.63, 3.8) is 0 Å². The third-order valence-corrected chi connectivity index (χ3v) is 5.48. The summed E-state index contributed by atoms with van der Waals surface area (Å²) in [6, 6.07) is 0.376. The predicted molar refractivity (Wildman–Crippen MR) is 104 cm³/mol. The molecule has 0 aromatic carbocycles. The van der Waals surface area contributed by atoms with Gasteiger partial charge in [0.1, 0.15) is 0 Å². The molecular formula is C19H28N6O3. The summed E-state index contributed by atoms with van der Waals surface area (Å²) in [6.45, 7) is 7.63. The smallest absolute Gasteiger partial charge is 0.306 e. The van der Waals surface area contributed by atoms with Crippen molar-refractivity contribution < 1.29 is 14.3 Å². The number of amides is 1. The van der Waals surface area contributed by atoms with Crippen LogP contribution in [-0.4, -0.2) is 55.0 Å². The fourth-order valence-electron chi connectivity index (χ4n) is 4.01. The third kappa shape index (κ3) is 4.07. The fourth-order valence-corrected chi connectivity index (χ4v) is 4.01. The molecule has 9 heteroatoms. The molecule has 2 atom stereocenters. The average Bonchev–Trinajstić information content (AvgIpc) is 3.00. The van der Waals surface area contributed by atoms with Gasteiger partial charge in [-0.15, -0.1) is 5.10 Å². The van der Waals surface area contributed by atoms with Gasteiger partial charge in [0, 0.05) is 29.9 Å². The highest BCUT2D eigenvalue weighted by atomic mass is 16.5. The molecule has 3 heterocycles. The molecule has 0 aliphatic carbocycles. The van der Waals surface area contributed by atoms with Crippen LogP contribution in [0.4, 0.5) is 5.95 Å². The number of nitrogen functional groups attached to an aromatic ring is 1.